The van der Waals surface area contributed by atoms with Crippen molar-refractivity contribution in [3.05, 3.63) is 40.3 Å². The zero-order valence-electron chi connectivity index (χ0n) is 16.7. The van der Waals surface area contributed by atoms with Gasteiger partial charge in [-0.15, -0.1) is 0 Å². The summed E-state index contributed by atoms with van der Waals surface area (Å²) < 4.78 is 6.30. The van der Waals surface area contributed by atoms with Crippen LogP contribution in [0.25, 0.3) is 10.8 Å². The van der Waals surface area contributed by atoms with E-state index in [1.807, 2.05) is 13.8 Å². The van der Waals surface area contributed by atoms with Crippen molar-refractivity contribution in [3.8, 4) is 0 Å². The van der Waals surface area contributed by atoms with Crippen LogP contribution in [0.4, 0.5) is 0 Å². The molecule has 2 N–H and O–H groups in total. The highest BCUT2D eigenvalue weighted by atomic mass is 16.5. The molecule has 0 atom stereocenters. The van der Waals surface area contributed by atoms with Gasteiger partial charge < -0.3 is 15.4 Å². The molecule has 9 heteroatoms. The van der Waals surface area contributed by atoms with Crippen LogP contribution in [0.15, 0.2) is 29.1 Å². The van der Waals surface area contributed by atoms with E-state index in [0.717, 1.165) is 19.3 Å². The highest BCUT2D eigenvalue weighted by Crippen LogP contribution is 2.14. The Morgan fingerprint density at radius 1 is 1.03 bits per heavy atom. The molecule has 2 amide bonds. The van der Waals surface area contributed by atoms with Crippen LogP contribution in [0.5, 0.6) is 0 Å². The van der Waals surface area contributed by atoms with Crippen molar-refractivity contribution < 1.29 is 19.1 Å². The molecule has 1 aromatic heterocycles. The van der Waals surface area contributed by atoms with Crippen LogP contribution >= 0.6 is 0 Å². The smallest absolute Gasteiger partial charge is 0.359 e. The van der Waals surface area contributed by atoms with E-state index >= 15 is 0 Å². The summed E-state index contributed by atoms with van der Waals surface area (Å²) in [5.74, 6) is -1.73. The summed E-state index contributed by atoms with van der Waals surface area (Å²) in [6.07, 6.45) is 2.40. The number of hydrogen-bond donors (Lipinski definition) is 2. The first-order chi connectivity index (χ1) is 14.0. The molecule has 0 radical (unpaired) electrons. The molecule has 9 nitrogen and oxygen atoms in total. The molecule has 0 aliphatic rings. The quantitative estimate of drug-likeness (QED) is 0.572. The average Bonchev–Trinajstić information content (AvgIpc) is 2.74. The minimum absolute atomic E-state index is 0.0233. The van der Waals surface area contributed by atoms with Gasteiger partial charge in [0.15, 0.2) is 12.3 Å². The Hall–Kier alpha value is -3.23. The second kappa shape index (κ2) is 10.9. The summed E-state index contributed by atoms with van der Waals surface area (Å²) in [4.78, 5) is 48.4. The predicted octanol–water partition coefficient (Wildman–Crippen LogP) is 0.996. The molecular weight excluding hydrogens is 376 g/mol. The summed E-state index contributed by atoms with van der Waals surface area (Å²) in [5.41, 5.74) is -0.300. The number of hydrogen-bond acceptors (Lipinski definition) is 6. The topological polar surface area (TPSA) is 119 Å². The van der Waals surface area contributed by atoms with Gasteiger partial charge in [-0.3, -0.25) is 14.4 Å². The summed E-state index contributed by atoms with van der Waals surface area (Å²) in [5, 5.41) is 9.89. The molecule has 0 bridgehead atoms. The summed E-state index contributed by atoms with van der Waals surface area (Å²) in [7, 11) is 0. The Morgan fingerprint density at radius 2 is 1.76 bits per heavy atom. The molecule has 1 heterocycles. The number of esters is 1. The van der Waals surface area contributed by atoms with E-state index in [2.05, 4.69) is 15.7 Å². The molecule has 0 fully saturated rings. The third kappa shape index (κ3) is 6.13. The van der Waals surface area contributed by atoms with Crippen molar-refractivity contribution in [2.45, 2.75) is 39.7 Å². The van der Waals surface area contributed by atoms with Gasteiger partial charge in [-0.25, -0.2) is 9.48 Å². The first-order valence-electron chi connectivity index (χ1n) is 9.68. The number of aromatic nitrogens is 2. The number of rotatable bonds is 10. The highest BCUT2D eigenvalue weighted by Gasteiger charge is 2.19. The second-order valence-electron chi connectivity index (χ2n) is 6.48. The van der Waals surface area contributed by atoms with Gasteiger partial charge in [0.2, 0.25) is 5.91 Å². The molecule has 156 valence electrons. The molecule has 0 aliphatic carbocycles. The Kier molecular flexibility index (Phi) is 8.32. The number of fused-ring (bicyclic) bond motifs is 1. The standard InChI is InChI=1S/C20H26N4O5/c1-3-5-11-24-19(27)15-9-7-6-8-14(15)18(23-24)20(28)29-13-17(26)22-12-16(25)21-10-4-2/h6-9H,3-5,10-13H2,1-2H3,(H,21,25)(H,22,26). The fourth-order valence-corrected chi connectivity index (χ4v) is 2.60. The number of carbonyl (C=O) groups excluding carboxylic acids is 3. The van der Waals surface area contributed by atoms with Gasteiger partial charge in [0.25, 0.3) is 11.5 Å². The molecule has 2 aromatic rings. The van der Waals surface area contributed by atoms with Gasteiger partial charge in [0.1, 0.15) is 0 Å². The van der Waals surface area contributed by atoms with Crippen molar-refractivity contribution in [1.29, 1.82) is 0 Å². The fraction of sp³-hybridized carbons (Fsp3) is 0.450. The number of carbonyl (C=O) groups is 3. The first kappa shape index (κ1) is 22.1. The average molecular weight is 402 g/mol. The van der Waals surface area contributed by atoms with Gasteiger partial charge >= 0.3 is 5.97 Å². The largest absolute Gasteiger partial charge is 0.451 e. The minimum Gasteiger partial charge on any atom is -0.451 e. The van der Waals surface area contributed by atoms with E-state index in [0.29, 0.717) is 23.9 Å². The zero-order valence-corrected chi connectivity index (χ0v) is 16.7. The van der Waals surface area contributed by atoms with E-state index < -0.39 is 18.5 Å². The highest BCUT2D eigenvalue weighted by molar-refractivity contribution is 6.02. The molecular formula is C20H26N4O5. The lowest BCUT2D eigenvalue weighted by atomic mass is 10.1. The lowest BCUT2D eigenvalue weighted by Gasteiger charge is -2.11. The number of nitrogens with zero attached hydrogens (tertiary/aromatic N) is 2. The third-order valence-corrected chi connectivity index (χ3v) is 4.14. The third-order valence-electron chi connectivity index (χ3n) is 4.14. The lowest BCUT2D eigenvalue weighted by Crippen LogP contribution is -2.39. The minimum atomic E-state index is -0.808. The maximum Gasteiger partial charge on any atom is 0.359 e. The van der Waals surface area contributed by atoms with Gasteiger partial charge in [-0.1, -0.05) is 38.5 Å². The Balaban J connectivity index is 2.08. The maximum atomic E-state index is 12.5. The summed E-state index contributed by atoms with van der Waals surface area (Å²) >= 11 is 0. The van der Waals surface area contributed by atoms with E-state index in [4.69, 9.17) is 4.74 Å². The summed E-state index contributed by atoms with van der Waals surface area (Å²) in [6.45, 7) is 4.07. The number of ether oxygens (including phenoxy) is 1. The predicted molar refractivity (Wildman–Crippen MR) is 108 cm³/mol. The van der Waals surface area contributed by atoms with Crippen LogP contribution in [0.3, 0.4) is 0 Å². The number of amides is 2. The Bertz CT molecular complexity index is 938. The molecule has 1 aromatic carbocycles. The summed E-state index contributed by atoms with van der Waals surface area (Å²) in [6, 6.07) is 6.64. The number of nitrogens with one attached hydrogen (secondary N) is 2. The fourth-order valence-electron chi connectivity index (χ4n) is 2.60. The first-order valence-corrected chi connectivity index (χ1v) is 9.68. The van der Waals surface area contributed by atoms with Crippen LogP contribution in [0.2, 0.25) is 0 Å². The molecule has 29 heavy (non-hydrogen) atoms. The van der Waals surface area contributed by atoms with Crippen molar-refractivity contribution in [2.75, 3.05) is 19.7 Å². The van der Waals surface area contributed by atoms with Crippen LogP contribution in [-0.4, -0.2) is 47.3 Å². The van der Waals surface area contributed by atoms with Crippen molar-refractivity contribution in [1.82, 2.24) is 20.4 Å². The normalized spacial score (nSPS) is 10.6. The molecule has 0 aliphatic heterocycles. The molecule has 2 rings (SSSR count). The second-order valence-corrected chi connectivity index (χ2v) is 6.48. The number of aryl methyl sites for hydroxylation is 1. The monoisotopic (exact) mass is 402 g/mol. The van der Waals surface area contributed by atoms with Gasteiger partial charge in [-0.2, -0.15) is 5.10 Å². The van der Waals surface area contributed by atoms with E-state index in [-0.39, 0.29) is 23.7 Å². The van der Waals surface area contributed by atoms with Crippen LogP contribution < -0.4 is 16.2 Å². The zero-order chi connectivity index (χ0) is 21.2. The molecule has 0 saturated heterocycles. The van der Waals surface area contributed by atoms with Crippen LogP contribution in [0, 0.1) is 0 Å². The van der Waals surface area contributed by atoms with E-state index in [9.17, 15) is 19.2 Å². The van der Waals surface area contributed by atoms with Crippen LogP contribution in [0.1, 0.15) is 43.6 Å². The Morgan fingerprint density at radius 3 is 2.45 bits per heavy atom. The molecule has 0 saturated carbocycles. The Labute approximate surface area is 168 Å². The number of benzene rings is 1. The van der Waals surface area contributed by atoms with E-state index in [1.165, 1.54) is 4.68 Å². The van der Waals surface area contributed by atoms with Crippen molar-refractivity contribution in [3.63, 3.8) is 0 Å². The van der Waals surface area contributed by atoms with Gasteiger partial charge in [0.05, 0.1) is 11.9 Å². The van der Waals surface area contributed by atoms with Crippen LogP contribution in [-0.2, 0) is 20.9 Å². The molecule has 0 spiro atoms. The number of unbranched alkanes of at least 4 members (excludes halogenated alkanes) is 1. The van der Waals surface area contributed by atoms with Crippen molar-refractivity contribution >= 4 is 28.6 Å². The maximum absolute atomic E-state index is 12.5. The van der Waals surface area contributed by atoms with E-state index in [1.54, 1.807) is 24.3 Å². The SMILES string of the molecule is CCCCn1nc(C(=O)OCC(=O)NCC(=O)NCCC)c2ccccc2c1=O. The lowest BCUT2D eigenvalue weighted by molar-refractivity contribution is -0.127. The van der Waals surface area contributed by atoms with Gasteiger partial charge in [-0.05, 0) is 18.9 Å². The van der Waals surface area contributed by atoms with Gasteiger partial charge in [0, 0.05) is 18.5 Å². The van der Waals surface area contributed by atoms with Crippen molar-refractivity contribution in [2.24, 2.45) is 0 Å². The molecule has 0 unspecified atom stereocenters.